The lowest BCUT2D eigenvalue weighted by atomic mass is 9.44. The summed E-state index contributed by atoms with van der Waals surface area (Å²) in [6.07, 6.45) is 42.7. The van der Waals surface area contributed by atoms with Crippen LogP contribution in [0.25, 0.3) is 0 Å². The molecular formula is C56H108N2O2Si. The molecule has 61 heavy (non-hydrogen) atoms. The van der Waals surface area contributed by atoms with Crippen molar-refractivity contribution in [3.8, 4) is 0 Å². The van der Waals surface area contributed by atoms with Crippen molar-refractivity contribution in [1.82, 2.24) is 10.2 Å². The molecule has 1 amide bonds. The van der Waals surface area contributed by atoms with Gasteiger partial charge in [-0.15, -0.1) is 0 Å². The molecule has 5 heteroatoms. The number of rotatable bonds is 31. The highest BCUT2D eigenvalue weighted by Gasteiger charge is 2.61. The minimum atomic E-state index is -1.73. The first-order chi connectivity index (χ1) is 29.2. The largest absolute Gasteiger partial charge is 0.414 e. The molecule has 4 aliphatic carbocycles. The van der Waals surface area contributed by atoms with Crippen LogP contribution in [0.4, 0.5) is 0 Å². The van der Waals surface area contributed by atoms with Gasteiger partial charge < -0.3 is 14.6 Å². The molecule has 0 aromatic heterocycles. The van der Waals surface area contributed by atoms with Crippen molar-refractivity contribution in [3.63, 3.8) is 0 Å². The minimum absolute atomic E-state index is 0.290. The van der Waals surface area contributed by atoms with Gasteiger partial charge in [0, 0.05) is 25.6 Å². The Bertz CT molecular complexity index is 1180. The second kappa shape index (κ2) is 26.7. The molecule has 4 nitrogen and oxygen atoms in total. The molecule has 4 aliphatic rings. The van der Waals surface area contributed by atoms with Gasteiger partial charge in [0.15, 0.2) is 8.32 Å². The van der Waals surface area contributed by atoms with Gasteiger partial charge in [-0.2, -0.15) is 0 Å². The summed E-state index contributed by atoms with van der Waals surface area (Å²) < 4.78 is 7.05. The smallest absolute Gasteiger partial charge is 0.220 e. The minimum Gasteiger partial charge on any atom is -0.414 e. The molecule has 0 saturated heterocycles. The molecule has 0 radical (unpaired) electrons. The predicted molar refractivity (Wildman–Crippen MR) is 269 cm³/mol. The molecule has 4 rings (SSSR count). The molecule has 0 aromatic carbocycles. The number of nitrogens with zero attached hydrogens (tertiary/aromatic N) is 1. The van der Waals surface area contributed by atoms with Crippen LogP contribution >= 0.6 is 0 Å². The lowest BCUT2D eigenvalue weighted by molar-refractivity contribution is -0.128. The maximum atomic E-state index is 13.4. The maximum absolute atomic E-state index is 13.4. The van der Waals surface area contributed by atoms with E-state index in [4.69, 9.17) is 4.43 Å². The molecular weight excluding hydrogens is 761 g/mol. The summed E-state index contributed by atoms with van der Waals surface area (Å²) in [5.74, 6) is 5.29. The first-order valence-corrected chi connectivity index (χ1v) is 30.7. The Balaban J connectivity index is 1.17. The van der Waals surface area contributed by atoms with Crippen molar-refractivity contribution in [2.24, 2.45) is 46.3 Å². The zero-order chi connectivity index (χ0) is 44.4. The van der Waals surface area contributed by atoms with E-state index in [-0.39, 0.29) is 0 Å². The van der Waals surface area contributed by atoms with Crippen LogP contribution in [0.2, 0.25) is 18.1 Å². The van der Waals surface area contributed by atoms with Crippen LogP contribution in [0, 0.1) is 46.3 Å². The van der Waals surface area contributed by atoms with Gasteiger partial charge in [0.25, 0.3) is 0 Å². The fourth-order valence-electron chi connectivity index (χ4n) is 13.9. The number of carbonyl (C=O) groups is 1. The zero-order valence-electron chi connectivity index (χ0n) is 43.1. The van der Waals surface area contributed by atoms with Crippen LogP contribution < -0.4 is 5.32 Å². The number of hydrogen-bond donors (Lipinski definition) is 1. The number of nitrogens with one attached hydrogen (secondary N) is 1. The molecule has 0 aromatic rings. The van der Waals surface area contributed by atoms with Crippen molar-refractivity contribution in [1.29, 1.82) is 0 Å². The number of amides is 1. The van der Waals surface area contributed by atoms with Crippen LogP contribution in [-0.4, -0.2) is 51.4 Å². The third-order valence-corrected chi connectivity index (χ3v) is 23.4. The van der Waals surface area contributed by atoms with E-state index >= 15 is 0 Å². The average Bonchev–Trinajstić information content (AvgIpc) is 3.58. The van der Waals surface area contributed by atoms with Gasteiger partial charge in [0.05, 0.1) is 0 Å². The predicted octanol–water partition coefficient (Wildman–Crippen LogP) is 16.7. The van der Waals surface area contributed by atoms with E-state index in [1.165, 1.54) is 199 Å². The van der Waals surface area contributed by atoms with Gasteiger partial charge in [-0.3, -0.25) is 4.79 Å². The lowest BCUT2D eigenvalue weighted by Crippen LogP contribution is -2.55. The Morgan fingerprint density at radius 3 is 1.72 bits per heavy atom. The Morgan fingerprint density at radius 1 is 0.672 bits per heavy atom. The summed E-state index contributed by atoms with van der Waals surface area (Å²) in [4.78, 5) is 16.1. The Labute approximate surface area is 383 Å². The van der Waals surface area contributed by atoms with Crippen molar-refractivity contribution >= 4 is 14.2 Å². The van der Waals surface area contributed by atoms with Crippen LogP contribution in [0.1, 0.15) is 254 Å². The number of carbonyl (C=O) groups excluding carboxylic acids is 1. The fourth-order valence-corrected chi connectivity index (χ4v) is 15.3. The zero-order valence-corrected chi connectivity index (χ0v) is 44.1. The van der Waals surface area contributed by atoms with Crippen molar-refractivity contribution in [2.75, 3.05) is 26.2 Å². The Hall–Kier alpha value is -0.393. The van der Waals surface area contributed by atoms with Crippen LogP contribution in [0.5, 0.6) is 0 Å². The van der Waals surface area contributed by atoms with Crippen LogP contribution in [0.3, 0.4) is 0 Å². The SMILES string of the molecule is CCCCCCCCCCCCN(CCCCCCCCCCCC)CCNC(=O)CC[C@@H](C)[C@H]1CC[C@H]2[C@@H]3CCC4C[C@H](O[Si](C)(C)C(C)(C)C)CC[C@]4(C)[C@H]3CC[C@]12C. The summed E-state index contributed by atoms with van der Waals surface area (Å²) in [5.41, 5.74) is 0.974. The molecule has 4 fully saturated rings. The summed E-state index contributed by atoms with van der Waals surface area (Å²) >= 11 is 0. The van der Waals surface area contributed by atoms with E-state index in [1.54, 1.807) is 0 Å². The molecule has 0 bridgehead atoms. The van der Waals surface area contributed by atoms with E-state index in [2.05, 4.69) is 78.7 Å². The van der Waals surface area contributed by atoms with Crippen LogP contribution in [0.15, 0.2) is 0 Å². The Kier molecular flexibility index (Phi) is 23.3. The van der Waals surface area contributed by atoms with Gasteiger partial charge in [0.2, 0.25) is 5.91 Å². The molecule has 0 spiro atoms. The molecule has 0 heterocycles. The standard InChI is InChI=1S/C56H108N2O2Si/c1-11-13-15-17-19-21-23-25-27-29-42-58(43-30-28-26-24-22-20-18-16-14-12-2)44-41-57-53(59)36-31-46(3)50-34-35-51-49-33-32-47-45-48(60-61(9,10)54(4,5)6)37-39-55(47,7)52(49)38-40-56(50,51)8/h46-52H,11-45H2,1-10H3,(H,57,59)/t46-,47?,48-,49+,50-,51+,52+,55+,56-/m1/s1. The summed E-state index contributed by atoms with van der Waals surface area (Å²) in [6, 6.07) is 0. The molecule has 1 N–H and O–H groups in total. The fraction of sp³-hybridized carbons (Fsp3) is 0.982. The topological polar surface area (TPSA) is 41.6 Å². The van der Waals surface area contributed by atoms with E-state index in [0.717, 1.165) is 49.1 Å². The summed E-state index contributed by atoms with van der Waals surface area (Å²) in [5, 5.41) is 3.70. The monoisotopic (exact) mass is 869 g/mol. The first kappa shape index (κ1) is 53.2. The molecule has 358 valence electrons. The van der Waals surface area contributed by atoms with Gasteiger partial charge >= 0.3 is 0 Å². The second-order valence-electron chi connectivity index (χ2n) is 24.2. The summed E-state index contributed by atoms with van der Waals surface area (Å²) in [6.45, 7) is 28.9. The van der Waals surface area contributed by atoms with Gasteiger partial charge in [-0.25, -0.2) is 0 Å². The Morgan fingerprint density at radius 2 is 1.18 bits per heavy atom. The van der Waals surface area contributed by atoms with Gasteiger partial charge in [-0.1, -0.05) is 171 Å². The molecule has 4 saturated carbocycles. The summed E-state index contributed by atoms with van der Waals surface area (Å²) in [7, 11) is -1.73. The molecule has 0 aliphatic heterocycles. The number of hydrogen-bond acceptors (Lipinski definition) is 3. The van der Waals surface area contributed by atoms with Crippen LogP contribution in [-0.2, 0) is 9.22 Å². The molecule has 1 unspecified atom stereocenters. The second-order valence-corrected chi connectivity index (χ2v) is 29.0. The van der Waals surface area contributed by atoms with Crippen molar-refractivity contribution < 1.29 is 9.22 Å². The van der Waals surface area contributed by atoms with E-state index < -0.39 is 8.32 Å². The third kappa shape index (κ3) is 16.2. The van der Waals surface area contributed by atoms with E-state index in [0.29, 0.717) is 40.2 Å². The third-order valence-electron chi connectivity index (χ3n) is 18.9. The van der Waals surface area contributed by atoms with Gasteiger partial charge in [-0.05, 0) is 155 Å². The highest BCUT2D eigenvalue weighted by molar-refractivity contribution is 6.74. The highest BCUT2D eigenvalue weighted by Crippen LogP contribution is 2.68. The average molecular weight is 870 g/mol. The van der Waals surface area contributed by atoms with Crippen molar-refractivity contribution in [3.05, 3.63) is 0 Å². The number of unbranched alkanes of at least 4 members (excludes halogenated alkanes) is 18. The van der Waals surface area contributed by atoms with Gasteiger partial charge in [0.1, 0.15) is 0 Å². The quantitative estimate of drug-likeness (QED) is 0.0557. The maximum Gasteiger partial charge on any atom is 0.220 e. The van der Waals surface area contributed by atoms with E-state index in [1.807, 2.05) is 0 Å². The van der Waals surface area contributed by atoms with E-state index in [9.17, 15) is 4.79 Å². The molecule has 9 atom stereocenters. The van der Waals surface area contributed by atoms with Crippen molar-refractivity contribution in [2.45, 2.75) is 279 Å². The normalized spacial score (nSPS) is 29.6. The number of fused-ring (bicyclic) bond motifs is 5. The first-order valence-electron chi connectivity index (χ1n) is 27.8. The highest BCUT2D eigenvalue weighted by atomic mass is 28.4. The lowest BCUT2D eigenvalue weighted by Gasteiger charge is -2.61.